The molecule has 0 bridgehead atoms. The molecule has 0 saturated carbocycles. The lowest BCUT2D eigenvalue weighted by atomic mass is 10.1. The van der Waals surface area contributed by atoms with E-state index in [0.717, 1.165) is 43.6 Å². The van der Waals surface area contributed by atoms with Crippen molar-refractivity contribution in [3.05, 3.63) is 66.8 Å². The number of rotatable bonds is 6. The summed E-state index contributed by atoms with van der Waals surface area (Å²) in [4.78, 5) is 11.2. The summed E-state index contributed by atoms with van der Waals surface area (Å²) in [5.74, 6) is 0. The molecule has 1 saturated heterocycles. The van der Waals surface area contributed by atoms with Gasteiger partial charge in [0.1, 0.15) is 6.10 Å². The molecule has 0 spiro atoms. The Kier molecular flexibility index (Phi) is 5.77. The van der Waals surface area contributed by atoms with Gasteiger partial charge in [-0.15, -0.1) is 0 Å². The van der Waals surface area contributed by atoms with Crippen LogP contribution in [0.3, 0.4) is 0 Å². The molecule has 1 aliphatic rings. The van der Waals surface area contributed by atoms with Crippen LogP contribution in [-0.4, -0.2) is 50.4 Å². The van der Waals surface area contributed by atoms with E-state index in [2.05, 4.69) is 56.4 Å². The van der Waals surface area contributed by atoms with Crippen LogP contribution < -0.4 is 4.74 Å². The van der Waals surface area contributed by atoms with E-state index < -0.39 is 0 Å². The van der Waals surface area contributed by atoms with E-state index in [1.54, 1.807) is 23.3 Å². The monoisotopic (exact) mass is 375 g/mol. The molecular formula is C22H25N5O. The highest BCUT2D eigenvalue weighted by Gasteiger charge is 2.20. The minimum Gasteiger partial charge on any atom is -0.460 e. The first-order chi connectivity index (χ1) is 13.8. The van der Waals surface area contributed by atoms with Gasteiger partial charge in [-0.1, -0.05) is 42.5 Å². The van der Waals surface area contributed by atoms with Gasteiger partial charge in [0.05, 0.1) is 6.20 Å². The average molecular weight is 375 g/mol. The van der Waals surface area contributed by atoms with Gasteiger partial charge in [0.2, 0.25) is 0 Å². The standard InChI is InChI=1S/C22H25N5O/c1-26-17-20(16-25-26)19-14-23-22(24-15-19)28-21-9-12-27(13-10-21)11-5-8-18-6-3-2-4-7-18/h2-8,14-17,21H,9-13H2,1H3. The van der Waals surface area contributed by atoms with Gasteiger partial charge in [0.15, 0.2) is 0 Å². The van der Waals surface area contributed by atoms with Crippen LogP contribution in [0.5, 0.6) is 6.01 Å². The number of hydrogen-bond donors (Lipinski definition) is 0. The summed E-state index contributed by atoms with van der Waals surface area (Å²) < 4.78 is 7.75. The fraction of sp³-hybridized carbons (Fsp3) is 0.318. The van der Waals surface area contributed by atoms with Crippen molar-refractivity contribution >= 4 is 6.08 Å². The van der Waals surface area contributed by atoms with Gasteiger partial charge in [0, 0.05) is 56.4 Å². The van der Waals surface area contributed by atoms with Gasteiger partial charge in [-0.25, -0.2) is 9.97 Å². The zero-order valence-corrected chi connectivity index (χ0v) is 16.1. The number of aryl methyl sites for hydroxylation is 1. The zero-order valence-electron chi connectivity index (χ0n) is 16.1. The molecule has 0 amide bonds. The van der Waals surface area contributed by atoms with Gasteiger partial charge >= 0.3 is 6.01 Å². The molecule has 6 heteroatoms. The Morgan fingerprint density at radius 1 is 1.04 bits per heavy atom. The van der Waals surface area contributed by atoms with Crippen molar-refractivity contribution in [2.45, 2.75) is 18.9 Å². The molecule has 4 rings (SSSR count). The Morgan fingerprint density at radius 3 is 2.46 bits per heavy atom. The van der Waals surface area contributed by atoms with Crippen LogP contribution >= 0.6 is 0 Å². The fourth-order valence-electron chi connectivity index (χ4n) is 3.36. The molecule has 6 nitrogen and oxygen atoms in total. The summed E-state index contributed by atoms with van der Waals surface area (Å²) in [5, 5.41) is 4.17. The number of benzene rings is 1. The van der Waals surface area contributed by atoms with Crippen molar-refractivity contribution in [3.63, 3.8) is 0 Å². The second kappa shape index (κ2) is 8.80. The highest BCUT2D eigenvalue weighted by atomic mass is 16.5. The number of nitrogens with zero attached hydrogens (tertiary/aromatic N) is 5. The molecule has 3 aromatic rings. The van der Waals surface area contributed by atoms with Crippen molar-refractivity contribution in [1.29, 1.82) is 0 Å². The molecule has 144 valence electrons. The molecule has 3 heterocycles. The predicted octanol–water partition coefficient (Wildman–Crippen LogP) is 3.43. The molecule has 1 aliphatic heterocycles. The molecule has 1 fully saturated rings. The van der Waals surface area contributed by atoms with E-state index in [4.69, 9.17) is 4.74 Å². The number of piperidine rings is 1. The van der Waals surface area contributed by atoms with E-state index in [1.165, 1.54) is 5.56 Å². The predicted molar refractivity (Wildman–Crippen MR) is 110 cm³/mol. The lowest BCUT2D eigenvalue weighted by Crippen LogP contribution is -2.38. The Hall–Kier alpha value is -2.99. The Labute approximate surface area is 165 Å². The molecule has 1 aromatic carbocycles. The second-order valence-corrected chi connectivity index (χ2v) is 7.09. The van der Waals surface area contributed by atoms with Crippen LogP contribution in [0, 0.1) is 0 Å². The SMILES string of the molecule is Cn1cc(-c2cnc(OC3CCN(CC=Cc4ccccc4)CC3)nc2)cn1. The topological polar surface area (TPSA) is 56.1 Å². The summed E-state index contributed by atoms with van der Waals surface area (Å²) in [6.45, 7) is 3.02. The maximum atomic E-state index is 5.99. The van der Waals surface area contributed by atoms with Crippen LogP contribution in [-0.2, 0) is 7.05 Å². The second-order valence-electron chi connectivity index (χ2n) is 7.09. The lowest BCUT2D eigenvalue weighted by Gasteiger charge is -2.30. The summed E-state index contributed by atoms with van der Waals surface area (Å²) in [6.07, 6.45) is 13.9. The van der Waals surface area contributed by atoms with Crippen LogP contribution in [0.4, 0.5) is 0 Å². The third-order valence-corrected chi connectivity index (χ3v) is 4.95. The first-order valence-corrected chi connectivity index (χ1v) is 9.68. The van der Waals surface area contributed by atoms with E-state index in [-0.39, 0.29) is 6.10 Å². The van der Waals surface area contributed by atoms with Crippen molar-refractivity contribution in [3.8, 4) is 17.1 Å². The van der Waals surface area contributed by atoms with E-state index in [0.29, 0.717) is 6.01 Å². The van der Waals surface area contributed by atoms with E-state index in [1.807, 2.05) is 19.3 Å². The third-order valence-electron chi connectivity index (χ3n) is 4.95. The highest BCUT2D eigenvalue weighted by Crippen LogP contribution is 2.20. The largest absolute Gasteiger partial charge is 0.460 e. The van der Waals surface area contributed by atoms with E-state index in [9.17, 15) is 0 Å². The maximum Gasteiger partial charge on any atom is 0.316 e. The molecular weight excluding hydrogens is 350 g/mol. The quantitative estimate of drug-likeness (QED) is 0.661. The average Bonchev–Trinajstić information content (AvgIpc) is 3.17. The molecule has 0 aliphatic carbocycles. The highest BCUT2D eigenvalue weighted by molar-refractivity contribution is 5.59. The molecule has 2 aromatic heterocycles. The molecule has 28 heavy (non-hydrogen) atoms. The van der Waals surface area contributed by atoms with Crippen LogP contribution in [0.25, 0.3) is 17.2 Å². The Morgan fingerprint density at radius 2 is 1.79 bits per heavy atom. The first kappa shape index (κ1) is 18.4. The smallest absolute Gasteiger partial charge is 0.316 e. The van der Waals surface area contributed by atoms with Gasteiger partial charge < -0.3 is 4.74 Å². The van der Waals surface area contributed by atoms with Crippen molar-refractivity contribution < 1.29 is 4.74 Å². The molecule has 0 N–H and O–H groups in total. The zero-order chi connectivity index (χ0) is 19.2. The van der Waals surface area contributed by atoms with Crippen LogP contribution in [0.2, 0.25) is 0 Å². The molecule has 0 radical (unpaired) electrons. The van der Waals surface area contributed by atoms with Gasteiger partial charge in [-0.05, 0) is 18.4 Å². The summed E-state index contributed by atoms with van der Waals surface area (Å²) in [6, 6.07) is 10.9. The summed E-state index contributed by atoms with van der Waals surface area (Å²) in [5.41, 5.74) is 3.19. The van der Waals surface area contributed by atoms with Gasteiger partial charge in [0.25, 0.3) is 0 Å². The molecule has 0 atom stereocenters. The Balaban J connectivity index is 1.23. The van der Waals surface area contributed by atoms with E-state index >= 15 is 0 Å². The first-order valence-electron chi connectivity index (χ1n) is 9.68. The van der Waals surface area contributed by atoms with Gasteiger partial charge in [-0.3, -0.25) is 9.58 Å². The third kappa shape index (κ3) is 4.84. The number of ether oxygens (including phenoxy) is 1. The van der Waals surface area contributed by atoms with Crippen LogP contribution in [0.15, 0.2) is 61.2 Å². The minimum absolute atomic E-state index is 0.179. The number of likely N-dealkylation sites (tertiary alicyclic amines) is 1. The number of hydrogen-bond acceptors (Lipinski definition) is 5. The fourth-order valence-corrected chi connectivity index (χ4v) is 3.36. The van der Waals surface area contributed by atoms with Crippen molar-refractivity contribution in [2.24, 2.45) is 7.05 Å². The van der Waals surface area contributed by atoms with Crippen molar-refractivity contribution in [1.82, 2.24) is 24.6 Å². The maximum absolute atomic E-state index is 5.99. The van der Waals surface area contributed by atoms with Gasteiger partial charge in [-0.2, -0.15) is 5.10 Å². The lowest BCUT2D eigenvalue weighted by molar-refractivity contribution is 0.0986. The molecule has 0 unspecified atom stereocenters. The minimum atomic E-state index is 0.179. The van der Waals surface area contributed by atoms with Crippen LogP contribution in [0.1, 0.15) is 18.4 Å². The number of aromatic nitrogens is 4. The summed E-state index contributed by atoms with van der Waals surface area (Å²) in [7, 11) is 1.89. The van der Waals surface area contributed by atoms with Crippen molar-refractivity contribution in [2.75, 3.05) is 19.6 Å². The Bertz CT molecular complexity index is 896. The normalized spacial score (nSPS) is 15.9. The summed E-state index contributed by atoms with van der Waals surface area (Å²) >= 11 is 0.